The first-order valence-electron chi connectivity index (χ1n) is 7.91. The Kier molecular flexibility index (Phi) is 4.34. The highest BCUT2D eigenvalue weighted by atomic mass is 32.1. The van der Waals surface area contributed by atoms with E-state index in [0.717, 1.165) is 35.4 Å². The average molecular weight is 320 g/mol. The van der Waals surface area contributed by atoms with Crippen LogP contribution in [0.15, 0.2) is 0 Å². The third kappa shape index (κ3) is 2.83. The van der Waals surface area contributed by atoms with E-state index in [0.29, 0.717) is 12.4 Å². The Morgan fingerprint density at radius 2 is 2.14 bits per heavy atom. The summed E-state index contributed by atoms with van der Waals surface area (Å²) in [6, 6.07) is 0.195. The standard InChI is InChI=1S/C16H24N4OS/c1-9-11(3)22-16-14(9)15(17)18-13(19-16)8-20-7-5-4-6-12(20)10(2)21/h10,12,21H,4-8H2,1-3H3,(H2,17,18,19). The van der Waals surface area contributed by atoms with E-state index < -0.39 is 0 Å². The maximum Gasteiger partial charge on any atom is 0.146 e. The number of nitrogen functional groups attached to an aromatic ring is 1. The molecule has 1 aliphatic heterocycles. The first kappa shape index (κ1) is 15.6. The highest BCUT2D eigenvalue weighted by Gasteiger charge is 2.27. The molecule has 2 aromatic rings. The first-order valence-corrected chi connectivity index (χ1v) is 8.73. The smallest absolute Gasteiger partial charge is 0.146 e. The van der Waals surface area contributed by atoms with Gasteiger partial charge in [-0.05, 0) is 45.7 Å². The van der Waals surface area contributed by atoms with Gasteiger partial charge in [0, 0.05) is 10.9 Å². The lowest BCUT2D eigenvalue weighted by Gasteiger charge is -2.36. The second kappa shape index (κ2) is 6.10. The molecule has 2 unspecified atom stereocenters. The molecule has 1 aliphatic rings. The van der Waals surface area contributed by atoms with Crippen LogP contribution in [-0.2, 0) is 6.54 Å². The number of thiophene rings is 1. The molecular weight excluding hydrogens is 296 g/mol. The molecule has 0 bridgehead atoms. The van der Waals surface area contributed by atoms with E-state index >= 15 is 0 Å². The molecule has 2 atom stereocenters. The third-order valence-electron chi connectivity index (χ3n) is 4.67. The summed E-state index contributed by atoms with van der Waals surface area (Å²) < 4.78 is 0. The molecule has 3 heterocycles. The van der Waals surface area contributed by atoms with Crippen molar-refractivity contribution in [1.82, 2.24) is 14.9 Å². The number of aliphatic hydroxyl groups excluding tert-OH is 1. The van der Waals surface area contributed by atoms with Gasteiger partial charge in [0.2, 0.25) is 0 Å². The highest BCUT2D eigenvalue weighted by Crippen LogP contribution is 2.32. The molecule has 1 saturated heterocycles. The Bertz CT molecular complexity index is 682. The van der Waals surface area contributed by atoms with Crippen LogP contribution in [0.5, 0.6) is 0 Å². The van der Waals surface area contributed by atoms with Gasteiger partial charge in [0.25, 0.3) is 0 Å². The van der Waals surface area contributed by atoms with Crippen molar-refractivity contribution < 1.29 is 5.11 Å². The SMILES string of the molecule is Cc1sc2nc(CN3CCCCC3C(C)O)nc(N)c2c1C. The van der Waals surface area contributed by atoms with Crippen LogP contribution < -0.4 is 5.73 Å². The van der Waals surface area contributed by atoms with Crippen LogP contribution in [-0.4, -0.2) is 38.7 Å². The zero-order valence-electron chi connectivity index (χ0n) is 13.5. The minimum Gasteiger partial charge on any atom is -0.392 e. The van der Waals surface area contributed by atoms with Crippen molar-refractivity contribution in [3.05, 3.63) is 16.3 Å². The first-order chi connectivity index (χ1) is 10.5. The quantitative estimate of drug-likeness (QED) is 0.909. The lowest BCUT2D eigenvalue weighted by atomic mass is 9.98. The van der Waals surface area contributed by atoms with Crippen LogP contribution in [0.3, 0.4) is 0 Å². The summed E-state index contributed by atoms with van der Waals surface area (Å²) in [5, 5.41) is 11.0. The van der Waals surface area contributed by atoms with Gasteiger partial charge in [-0.2, -0.15) is 0 Å². The minimum absolute atomic E-state index is 0.195. The summed E-state index contributed by atoms with van der Waals surface area (Å²) in [5.41, 5.74) is 7.34. The average Bonchev–Trinajstić information content (AvgIpc) is 2.74. The number of aryl methyl sites for hydroxylation is 2. The highest BCUT2D eigenvalue weighted by molar-refractivity contribution is 7.18. The number of nitrogens with zero attached hydrogens (tertiary/aromatic N) is 3. The van der Waals surface area contributed by atoms with Crippen LogP contribution in [0.2, 0.25) is 0 Å². The van der Waals surface area contributed by atoms with Gasteiger partial charge in [0.05, 0.1) is 18.0 Å². The van der Waals surface area contributed by atoms with Gasteiger partial charge < -0.3 is 10.8 Å². The molecule has 0 radical (unpaired) electrons. The van der Waals surface area contributed by atoms with Gasteiger partial charge in [-0.1, -0.05) is 6.42 Å². The summed E-state index contributed by atoms with van der Waals surface area (Å²) in [5.74, 6) is 1.34. The van der Waals surface area contributed by atoms with E-state index in [1.54, 1.807) is 11.3 Å². The predicted octanol–water partition coefficient (Wildman–Crippen LogP) is 2.63. The molecule has 0 spiro atoms. The minimum atomic E-state index is -0.326. The van der Waals surface area contributed by atoms with Crippen molar-refractivity contribution in [3.63, 3.8) is 0 Å². The number of nitrogens with two attached hydrogens (primary N) is 1. The predicted molar refractivity (Wildman–Crippen MR) is 91.0 cm³/mol. The molecule has 0 saturated carbocycles. The van der Waals surface area contributed by atoms with Gasteiger partial charge >= 0.3 is 0 Å². The second-order valence-electron chi connectivity index (χ2n) is 6.26. The molecular formula is C16H24N4OS. The number of likely N-dealkylation sites (tertiary alicyclic amines) is 1. The number of aliphatic hydroxyl groups is 1. The summed E-state index contributed by atoms with van der Waals surface area (Å²) in [7, 11) is 0. The van der Waals surface area contributed by atoms with Gasteiger partial charge in [0.15, 0.2) is 0 Å². The van der Waals surface area contributed by atoms with Crippen LogP contribution in [0, 0.1) is 13.8 Å². The zero-order valence-corrected chi connectivity index (χ0v) is 14.3. The Morgan fingerprint density at radius 3 is 2.86 bits per heavy atom. The largest absolute Gasteiger partial charge is 0.392 e. The molecule has 0 amide bonds. The van der Waals surface area contributed by atoms with Crippen molar-refractivity contribution in [3.8, 4) is 0 Å². The van der Waals surface area contributed by atoms with Gasteiger partial charge in [0.1, 0.15) is 16.5 Å². The lowest BCUT2D eigenvalue weighted by molar-refractivity contribution is 0.0303. The Morgan fingerprint density at radius 1 is 1.36 bits per heavy atom. The number of rotatable bonds is 3. The van der Waals surface area contributed by atoms with E-state index in [-0.39, 0.29) is 12.1 Å². The van der Waals surface area contributed by atoms with Crippen molar-refractivity contribution in [2.75, 3.05) is 12.3 Å². The van der Waals surface area contributed by atoms with E-state index in [2.05, 4.69) is 23.7 Å². The molecule has 0 aliphatic carbocycles. The normalized spacial score (nSPS) is 21.4. The van der Waals surface area contributed by atoms with Gasteiger partial charge in [-0.25, -0.2) is 9.97 Å². The van der Waals surface area contributed by atoms with E-state index in [4.69, 9.17) is 10.7 Å². The number of aromatic nitrogens is 2. The fourth-order valence-corrected chi connectivity index (χ4v) is 4.39. The number of hydrogen-bond acceptors (Lipinski definition) is 6. The molecule has 2 aromatic heterocycles. The molecule has 5 nitrogen and oxygen atoms in total. The fourth-order valence-electron chi connectivity index (χ4n) is 3.34. The summed E-state index contributed by atoms with van der Waals surface area (Å²) in [4.78, 5) is 13.7. The third-order valence-corrected chi connectivity index (χ3v) is 5.77. The van der Waals surface area contributed by atoms with E-state index in [1.807, 2.05) is 6.92 Å². The molecule has 120 valence electrons. The molecule has 1 fully saturated rings. The summed E-state index contributed by atoms with van der Waals surface area (Å²) >= 11 is 1.68. The molecule has 3 N–H and O–H groups in total. The fraction of sp³-hybridized carbons (Fsp3) is 0.625. The Labute approximate surface area is 135 Å². The maximum atomic E-state index is 9.99. The Balaban J connectivity index is 1.90. The van der Waals surface area contributed by atoms with Crippen molar-refractivity contribution in [2.24, 2.45) is 0 Å². The van der Waals surface area contributed by atoms with Crippen LogP contribution in [0.4, 0.5) is 5.82 Å². The number of hydrogen-bond donors (Lipinski definition) is 2. The topological polar surface area (TPSA) is 75.3 Å². The Hall–Kier alpha value is -1.24. The number of anilines is 1. The van der Waals surface area contributed by atoms with E-state index in [1.165, 1.54) is 16.9 Å². The molecule has 0 aromatic carbocycles. The number of fused-ring (bicyclic) bond motifs is 1. The number of piperidine rings is 1. The van der Waals surface area contributed by atoms with E-state index in [9.17, 15) is 5.11 Å². The van der Waals surface area contributed by atoms with Crippen molar-refractivity contribution >= 4 is 27.4 Å². The molecule has 22 heavy (non-hydrogen) atoms. The molecule has 3 rings (SSSR count). The zero-order chi connectivity index (χ0) is 15.9. The van der Waals surface area contributed by atoms with Crippen LogP contribution >= 0.6 is 11.3 Å². The van der Waals surface area contributed by atoms with Gasteiger partial charge in [-0.15, -0.1) is 11.3 Å². The maximum absolute atomic E-state index is 9.99. The second-order valence-corrected chi connectivity index (χ2v) is 7.47. The van der Waals surface area contributed by atoms with Crippen LogP contribution in [0.25, 0.3) is 10.2 Å². The van der Waals surface area contributed by atoms with Crippen molar-refractivity contribution in [1.29, 1.82) is 0 Å². The van der Waals surface area contributed by atoms with Crippen molar-refractivity contribution in [2.45, 2.75) is 58.7 Å². The molecule has 6 heteroatoms. The van der Waals surface area contributed by atoms with Gasteiger partial charge in [-0.3, -0.25) is 4.90 Å². The summed E-state index contributed by atoms with van der Waals surface area (Å²) in [6.45, 7) is 7.68. The summed E-state index contributed by atoms with van der Waals surface area (Å²) in [6.07, 6.45) is 3.05. The monoisotopic (exact) mass is 320 g/mol. The van der Waals surface area contributed by atoms with Crippen LogP contribution in [0.1, 0.15) is 42.5 Å². The lowest BCUT2D eigenvalue weighted by Crippen LogP contribution is -2.45.